The minimum Gasteiger partial charge on any atom is -0.481 e. The van der Waals surface area contributed by atoms with Crippen molar-refractivity contribution < 1.29 is 19.1 Å². The largest absolute Gasteiger partial charge is 0.481 e. The maximum absolute atomic E-state index is 12.4. The Kier molecular flexibility index (Phi) is 4.93. The number of hydrogen-bond donors (Lipinski definition) is 2. The highest BCUT2D eigenvalue weighted by Gasteiger charge is 2.31. The number of nitrogens with one attached hydrogen (secondary N) is 1. The number of carbonyl (C=O) groups is 2. The molecule has 2 unspecified atom stereocenters. The van der Waals surface area contributed by atoms with Crippen LogP contribution >= 0.6 is 0 Å². The Morgan fingerprint density at radius 1 is 1.12 bits per heavy atom. The zero-order valence-electron chi connectivity index (χ0n) is 13.3. The van der Waals surface area contributed by atoms with Gasteiger partial charge >= 0.3 is 5.97 Å². The van der Waals surface area contributed by atoms with Gasteiger partial charge in [-0.2, -0.15) is 0 Å². The SMILES string of the molecule is O=C(NC1CCCCCC1C(=O)O)c1coc(-c2ccccc2)n1. The first kappa shape index (κ1) is 16.2. The highest BCUT2D eigenvalue weighted by molar-refractivity contribution is 5.93. The summed E-state index contributed by atoms with van der Waals surface area (Å²) in [6.07, 6.45) is 5.37. The second-order valence-electron chi connectivity index (χ2n) is 6.07. The van der Waals surface area contributed by atoms with Crippen LogP contribution in [0.15, 0.2) is 41.0 Å². The van der Waals surface area contributed by atoms with E-state index in [4.69, 9.17) is 4.42 Å². The van der Waals surface area contributed by atoms with Crippen molar-refractivity contribution >= 4 is 11.9 Å². The molecule has 1 saturated carbocycles. The van der Waals surface area contributed by atoms with E-state index in [1.54, 1.807) is 0 Å². The quantitative estimate of drug-likeness (QED) is 0.841. The minimum absolute atomic E-state index is 0.169. The molecule has 0 saturated heterocycles. The van der Waals surface area contributed by atoms with E-state index >= 15 is 0 Å². The summed E-state index contributed by atoms with van der Waals surface area (Å²) < 4.78 is 5.37. The molecule has 1 aromatic heterocycles. The predicted octanol–water partition coefficient (Wildman–Crippen LogP) is 3.10. The van der Waals surface area contributed by atoms with E-state index in [-0.39, 0.29) is 17.6 Å². The molecular formula is C18H20N2O4. The molecular weight excluding hydrogens is 308 g/mol. The van der Waals surface area contributed by atoms with Crippen LogP contribution in [0.3, 0.4) is 0 Å². The number of amides is 1. The molecule has 2 N–H and O–H groups in total. The summed E-state index contributed by atoms with van der Waals surface area (Å²) in [5.74, 6) is -1.42. The summed E-state index contributed by atoms with van der Waals surface area (Å²) in [4.78, 5) is 28.1. The fraction of sp³-hybridized carbons (Fsp3) is 0.389. The van der Waals surface area contributed by atoms with Gasteiger partial charge in [-0.25, -0.2) is 4.98 Å². The van der Waals surface area contributed by atoms with Crippen molar-refractivity contribution in [3.8, 4) is 11.5 Å². The van der Waals surface area contributed by atoms with Crippen molar-refractivity contribution in [2.24, 2.45) is 5.92 Å². The molecule has 24 heavy (non-hydrogen) atoms. The summed E-state index contributed by atoms with van der Waals surface area (Å²) in [5.41, 5.74) is 0.955. The second-order valence-corrected chi connectivity index (χ2v) is 6.07. The molecule has 2 aromatic rings. The van der Waals surface area contributed by atoms with E-state index < -0.39 is 11.9 Å². The maximum atomic E-state index is 12.4. The van der Waals surface area contributed by atoms with E-state index in [9.17, 15) is 14.7 Å². The number of aliphatic carboxylic acids is 1. The topological polar surface area (TPSA) is 92.4 Å². The van der Waals surface area contributed by atoms with Crippen LogP contribution in [0, 0.1) is 5.92 Å². The molecule has 1 aliphatic rings. The molecule has 6 heteroatoms. The van der Waals surface area contributed by atoms with Gasteiger partial charge in [-0.1, -0.05) is 37.5 Å². The number of aromatic nitrogens is 1. The van der Waals surface area contributed by atoms with Crippen molar-refractivity contribution in [2.45, 2.75) is 38.1 Å². The number of carboxylic acids is 1. The van der Waals surface area contributed by atoms with Gasteiger partial charge in [0, 0.05) is 11.6 Å². The molecule has 1 aromatic carbocycles. The van der Waals surface area contributed by atoms with Gasteiger partial charge < -0.3 is 14.8 Å². The second kappa shape index (κ2) is 7.29. The van der Waals surface area contributed by atoms with Gasteiger partial charge in [-0.15, -0.1) is 0 Å². The van der Waals surface area contributed by atoms with Crippen molar-refractivity contribution in [1.82, 2.24) is 10.3 Å². The number of hydrogen-bond acceptors (Lipinski definition) is 4. The van der Waals surface area contributed by atoms with Crippen LogP contribution in [0.1, 0.15) is 42.6 Å². The molecule has 126 valence electrons. The molecule has 0 bridgehead atoms. The third-order valence-corrected chi connectivity index (χ3v) is 4.41. The van der Waals surface area contributed by atoms with E-state index in [1.165, 1.54) is 6.26 Å². The fourth-order valence-electron chi connectivity index (χ4n) is 3.11. The lowest BCUT2D eigenvalue weighted by atomic mass is 9.95. The van der Waals surface area contributed by atoms with Crippen molar-refractivity contribution in [1.29, 1.82) is 0 Å². The number of nitrogens with zero attached hydrogens (tertiary/aromatic N) is 1. The van der Waals surface area contributed by atoms with Crippen LogP contribution in [0.2, 0.25) is 0 Å². The highest BCUT2D eigenvalue weighted by Crippen LogP contribution is 2.24. The van der Waals surface area contributed by atoms with Gasteiger partial charge in [-0.3, -0.25) is 9.59 Å². The smallest absolute Gasteiger partial charge is 0.308 e. The Balaban J connectivity index is 1.72. The zero-order chi connectivity index (χ0) is 16.9. The molecule has 1 amide bonds. The van der Waals surface area contributed by atoms with Crippen LogP contribution < -0.4 is 5.32 Å². The summed E-state index contributed by atoms with van der Waals surface area (Å²) in [6.45, 7) is 0. The number of rotatable bonds is 4. The fourth-order valence-corrected chi connectivity index (χ4v) is 3.11. The third kappa shape index (κ3) is 3.64. The van der Waals surface area contributed by atoms with Crippen molar-refractivity contribution in [3.05, 3.63) is 42.3 Å². The number of benzene rings is 1. The number of carbonyl (C=O) groups excluding carboxylic acids is 1. The van der Waals surface area contributed by atoms with Gasteiger partial charge in [0.25, 0.3) is 5.91 Å². The van der Waals surface area contributed by atoms with E-state index in [2.05, 4.69) is 10.3 Å². The van der Waals surface area contributed by atoms with Crippen LogP contribution in [-0.4, -0.2) is 28.0 Å². The maximum Gasteiger partial charge on any atom is 0.308 e. The Labute approximate surface area is 139 Å². The molecule has 1 fully saturated rings. The van der Waals surface area contributed by atoms with Gasteiger partial charge in [0.1, 0.15) is 6.26 Å². The van der Waals surface area contributed by atoms with Crippen molar-refractivity contribution in [2.75, 3.05) is 0 Å². The number of oxazole rings is 1. The van der Waals surface area contributed by atoms with Gasteiger partial charge in [0.15, 0.2) is 5.69 Å². The van der Waals surface area contributed by atoms with Gasteiger partial charge in [0.05, 0.1) is 5.92 Å². The molecule has 6 nitrogen and oxygen atoms in total. The standard InChI is InChI=1S/C18H20N2O4/c21-16(19-14-10-6-2-5-9-13(14)18(22)23)15-11-24-17(20-15)12-7-3-1-4-8-12/h1,3-4,7-8,11,13-14H,2,5-6,9-10H2,(H,19,21)(H,22,23). The van der Waals surface area contributed by atoms with Crippen molar-refractivity contribution in [3.63, 3.8) is 0 Å². The molecule has 0 radical (unpaired) electrons. The third-order valence-electron chi connectivity index (χ3n) is 4.41. The van der Waals surface area contributed by atoms with Crippen LogP contribution in [0.5, 0.6) is 0 Å². The lowest BCUT2D eigenvalue weighted by Crippen LogP contribution is -2.42. The lowest BCUT2D eigenvalue weighted by Gasteiger charge is -2.22. The highest BCUT2D eigenvalue weighted by atomic mass is 16.4. The number of carboxylic acid groups (broad SMARTS) is 1. The van der Waals surface area contributed by atoms with Crippen LogP contribution in [-0.2, 0) is 4.79 Å². The first-order valence-corrected chi connectivity index (χ1v) is 8.20. The summed E-state index contributed by atoms with van der Waals surface area (Å²) in [5, 5.41) is 12.2. The average molecular weight is 328 g/mol. The lowest BCUT2D eigenvalue weighted by molar-refractivity contribution is -0.142. The van der Waals surface area contributed by atoms with E-state index in [0.29, 0.717) is 18.7 Å². The van der Waals surface area contributed by atoms with Gasteiger partial charge in [-0.05, 0) is 25.0 Å². The minimum atomic E-state index is -0.854. The normalized spacial score (nSPS) is 21.0. The Morgan fingerprint density at radius 3 is 2.62 bits per heavy atom. The molecule has 3 rings (SSSR count). The Bertz CT molecular complexity index is 711. The Hall–Kier alpha value is -2.63. The van der Waals surface area contributed by atoms with E-state index in [1.807, 2.05) is 30.3 Å². The monoisotopic (exact) mass is 328 g/mol. The zero-order valence-corrected chi connectivity index (χ0v) is 13.3. The first-order valence-electron chi connectivity index (χ1n) is 8.20. The summed E-state index contributed by atoms with van der Waals surface area (Å²) in [7, 11) is 0. The molecule has 1 aliphatic carbocycles. The molecule has 2 atom stereocenters. The van der Waals surface area contributed by atoms with Crippen LogP contribution in [0.25, 0.3) is 11.5 Å². The predicted molar refractivity (Wildman–Crippen MR) is 87.4 cm³/mol. The molecule has 0 spiro atoms. The molecule has 1 heterocycles. The summed E-state index contributed by atoms with van der Waals surface area (Å²) >= 11 is 0. The van der Waals surface area contributed by atoms with Gasteiger partial charge in [0.2, 0.25) is 5.89 Å². The Morgan fingerprint density at radius 2 is 1.88 bits per heavy atom. The van der Waals surface area contributed by atoms with Crippen LogP contribution in [0.4, 0.5) is 0 Å². The molecule has 0 aliphatic heterocycles. The van der Waals surface area contributed by atoms with E-state index in [0.717, 1.165) is 24.8 Å². The summed E-state index contributed by atoms with van der Waals surface area (Å²) in [6, 6.07) is 8.94. The first-order chi connectivity index (χ1) is 11.6. The average Bonchev–Trinajstić information content (AvgIpc) is 2.97.